The molecule has 0 amide bonds. The molecular formula is C13H16Br2F3NO. The van der Waals surface area contributed by atoms with E-state index in [4.69, 9.17) is 4.74 Å². The number of hydrogen-bond acceptors (Lipinski definition) is 2. The first-order valence-corrected chi connectivity index (χ1v) is 7.75. The molecule has 114 valence electrons. The van der Waals surface area contributed by atoms with Crippen LogP contribution in [0.15, 0.2) is 27.1 Å². The van der Waals surface area contributed by atoms with E-state index < -0.39 is 12.8 Å². The van der Waals surface area contributed by atoms with Crippen molar-refractivity contribution in [2.45, 2.75) is 25.6 Å². The Hall–Kier alpha value is -0.110. The Balaban J connectivity index is 2.75. The van der Waals surface area contributed by atoms with Gasteiger partial charge in [0.2, 0.25) is 0 Å². The van der Waals surface area contributed by atoms with Crippen molar-refractivity contribution in [3.05, 3.63) is 32.7 Å². The lowest BCUT2D eigenvalue weighted by atomic mass is 10.1. The number of benzene rings is 1. The van der Waals surface area contributed by atoms with Crippen LogP contribution in [0.4, 0.5) is 13.2 Å². The average Bonchev–Trinajstić information content (AvgIpc) is 2.35. The normalized spacial score (nSPS) is 13.5. The van der Waals surface area contributed by atoms with Crippen LogP contribution in [0.1, 0.15) is 24.9 Å². The van der Waals surface area contributed by atoms with Gasteiger partial charge in [-0.15, -0.1) is 0 Å². The van der Waals surface area contributed by atoms with Crippen molar-refractivity contribution in [3.8, 4) is 0 Å². The van der Waals surface area contributed by atoms with Crippen LogP contribution in [0.3, 0.4) is 0 Å². The fourth-order valence-electron chi connectivity index (χ4n) is 1.65. The smallest absolute Gasteiger partial charge is 0.370 e. The standard InChI is InChI=1S/C13H16Br2F3NO/c1-2-5-19-12(7-20-8-13(16,17)18)10-6-9(14)3-4-11(10)15/h3-4,6,12,19H,2,5,7-8H2,1H3. The van der Waals surface area contributed by atoms with E-state index in [0.717, 1.165) is 20.9 Å². The minimum Gasteiger partial charge on any atom is -0.370 e. The highest BCUT2D eigenvalue weighted by Gasteiger charge is 2.28. The number of ether oxygens (including phenoxy) is 1. The average molecular weight is 419 g/mol. The molecule has 0 aliphatic heterocycles. The maximum atomic E-state index is 12.1. The van der Waals surface area contributed by atoms with Crippen LogP contribution in [0, 0.1) is 0 Å². The highest BCUT2D eigenvalue weighted by Crippen LogP contribution is 2.27. The zero-order valence-corrected chi connectivity index (χ0v) is 14.1. The molecule has 1 atom stereocenters. The van der Waals surface area contributed by atoms with Gasteiger partial charge in [0.15, 0.2) is 0 Å². The van der Waals surface area contributed by atoms with E-state index in [0.29, 0.717) is 6.54 Å². The fourth-order valence-corrected chi connectivity index (χ4v) is 2.55. The van der Waals surface area contributed by atoms with Crippen molar-refractivity contribution in [3.63, 3.8) is 0 Å². The first kappa shape index (κ1) is 17.9. The van der Waals surface area contributed by atoms with Crippen LogP contribution in [0.5, 0.6) is 0 Å². The topological polar surface area (TPSA) is 21.3 Å². The third kappa shape index (κ3) is 6.56. The Kier molecular flexibility index (Phi) is 7.50. The van der Waals surface area contributed by atoms with Gasteiger partial charge in [-0.05, 0) is 36.7 Å². The van der Waals surface area contributed by atoms with E-state index in [9.17, 15) is 13.2 Å². The van der Waals surface area contributed by atoms with Crippen LogP contribution < -0.4 is 5.32 Å². The summed E-state index contributed by atoms with van der Waals surface area (Å²) in [7, 11) is 0. The van der Waals surface area contributed by atoms with Gasteiger partial charge in [-0.1, -0.05) is 38.8 Å². The molecule has 0 spiro atoms. The van der Waals surface area contributed by atoms with E-state index in [1.54, 1.807) is 0 Å². The first-order valence-electron chi connectivity index (χ1n) is 6.16. The molecule has 0 heterocycles. The summed E-state index contributed by atoms with van der Waals surface area (Å²) in [6.45, 7) is 1.44. The molecule has 0 radical (unpaired) electrons. The zero-order chi connectivity index (χ0) is 15.2. The molecule has 1 N–H and O–H groups in total. The predicted molar refractivity (Wildman–Crippen MR) is 79.8 cm³/mol. The molecule has 0 saturated heterocycles. The van der Waals surface area contributed by atoms with Gasteiger partial charge < -0.3 is 10.1 Å². The SMILES string of the molecule is CCCNC(COCC(F)(F)F)c1cc(Br)ccc1Br. The van der Waals surface area contributed by atoms with Crippen LogP contribution >= 0.6 is 31.9 Å². The third-order valence-corrected chi connectivity index (χ3v) is 3.74. The molecule has 0 saturated carbocycles. The number of rotatable bonds is 7. The zero-order valence-electron chi connectivity index (χ0n) is 10.9. The van der Waals surface area contributed by atoms with Crippen LogP contribution in [-0.4, -0.2) is 25.9 Å². The van der Waals surface area contributed by atoms with Crippen molar-refractivity contribution >= 4 is 31.9 Å². The summed E-state index contributed by atoms with van der Waals surface area (Å²) in [5, 5.41) is 3.20. The summed E-state index contributed by atoms with van der Waals surface area (Å²) >= 11 is 6.78. The number of alkyl halides is 3. The maximum Gasteiger partial charge on any atom is 0.411 e. The molecule has 0 fully saturated rings. The molecule has 0 aliphatic rings. The molecule has 0 aliphatic carbocycles. The van der Waals surface area contributed by atoms with E-state index in [1.165, 1.54) is 0 Å². The van der Waals surface area contributed by atoms with Gasteiger partial charge in [0.1, 0.15) is 6.61 Å². The molecular weight excluding hydrogens is 403 g/mol. The van der Waals surface area contributed by atoms with Crippen molar-refractivity contribution in [1.29, 1.82) is 0 Å². The first-order chi connectivity index (χ1) is 9.33. The van der Waals surface area contributed by atoms with Crippen molar-refractivity contribution < 1.29 is 17.9 Å². The Morgan fingerprint density at radius 2 is 2.00 bits per heavy atom. The van der Waals surface area contributed by atoms with Gasteiger partial charge in [0.05, 0.1) is 12.6 Å². The minimum absolute atomic E-state index is 0.0332. The van der Waals surface area contributed by atoms with Gasteiger partial charge in [-0.2, -0.15) is 13.2 Å². The van der Waals surface area contributed by atoms with Crippen LogP contribution in [-0.2, 0) is 4.74 Å². The second-order valence-electron chi connectivity index (χ2n) is 4.30. The summed E-state index contributed by atoms with van der Waals surface area (Å²) in [4.78, 5) is 0. The Bertz CT molecular complexity index is 427. The summed E-state index contributed by atoms with van der Waals surface area (Å²) in [5.41, 5.74) is 0.870. The molecule has 0 bridgehead atoms. The van der Waals surface area contributed by atoms with E-state index in [1.807, 2.05) is 25.1 Å². The van der Waals surface area contributed by atoms with E-state index in [-0.39, 0.29) is 12.6 Å². The van der Waals surface area contributed by atoms with Gasteiger partial charge in [0, 0.05) is 8.95 Å². The molecule has 0 aromatic heterocycles. The summed E-state index contributed by atoms with van der Waals surface area (Å²) in [6.07, 6.45) is -3.41. The van der Waals surface area contributed by atoms with Crippen molar-refractivity contribution in [2.75, 3.05) is 19.8 Å². The van der Waals surface area contributed by atoms with Gasteiger partial charge in [-0.25, -0.2) is 0 Å². The summed E-state index contributed by atoms with van der Waals surface area (Å²) in [6, 6.07) is 5.29. The maximum absolute atomic E-state index is 12.1. The quantitative estimate of drug-likeness (QED) is 0.684. The van der Waals surface area contributed by atoms with Crippen LogP contribution in [0.2, 0.25) is 0 Å². The monoisotopic (exact) mass is 417 g/mol. The fraction of sp³-hybridized carbons (Fsp3) is 0.538. The second kappa shape index (κ2) is 8.36. The Morgan fingerprint density at radius 1 is 1.30 bits per heavy atom. The molecule has 7 heteroatoms. The second-order valence-corrected chi connectivity index (χ2v) is 6.07. The van der Waals surface area contributed by atoms with Gasteiger partial charge in [0.25, 0.3) is 0 Å². The molecule has 1 unspecified atom stereocenters. The van der Waals surface area contributed by atoms with E-state index >= 15 is 0 Å². The molecule has 1 aromatic carbocycles. The molecule has 2 nitrogen and oxygen atoms in total. The largest absolute Gasteiger partial charge is 0.411 e. The van der Waals surface area contributed by atoms with E-state index in [2.05, 4.69) is 37.2 Å². The Morgan fingerprint density at radius 3 is 2.60 bits per heavy atom. The number of hydrogen-bond donors (Lipinski definition) is 1. The van der Waals surface area contributed by atoms with Gasteiger partial charge >= 0.3 is 6.18 Å². The lowest BCUT2D eigenvalue weighted by Crippen LogP contribution is -2.29. The number of halogens is 5. The summed E-state index contributed by atoms with van der Waals surface area (Å²) in [5.74, 6) is 0. The highest BCUT2D eigenvalue weighted by molar-refractivity contribution is 9.11. The van der Waals surface area contributed by atoms with Gasteiger partial charge in [-0.3, -0.25) is 0 Å². The summed E-state index contributed by atoms with van der Waals surface area (Å²) < 4.78 is 42.9. The van der Waals surface area contributed by atoms with Crippen LogP contribution in [0.25, 0.3) is 0 Å². The lowest BCUT2D eigenvalue weighted by Gasteiger charge is -2.21. The highest BCUT2D eigenvalue weighted by atomic mass is 79.9. The third-order valence-electron chi connectivity index (χ3n) is 2.52. The molecule has 1 rings (SSSR count). The number of nitrogens with one attached hydrogen (secondary N) is 1. The Labute approximate surface area is 133 Å². The van der Waals surface area contributed by atoms with Crippen molar-refractivity contribution in [2.24, 2.45) is 0 Å². The molecule has 1 aromatic rings. The predicted octanol–water partition coefficient (Wildman–Crippen LogP) is 4.83. The minimum atomic E-state index is -4.30. The van der Waals surface area contributed by atoms with Crippen molar-refractivity contribution in [1.82, 2.24) is 5.32 Å². The molecule has 20 heavy (non-hydrogen) atoms. The lowest BCUT2D eigenvalue weighted by molar-refractivity contribution is -0.175.